The van der Waals surface area contributed by atoms with Crippen molar-refractivity contribution in [1.82, 2.24) is 84.6 Å². The SMILES string of the molecule is CCc1[nH]c2nc(Sc3cncc(O)c3)nc(N3CC(CCc4[nH]c5nc(Sc6cnc7nccnc7c6)nc(N6C[C@@H]7C(N(Cc8ccccc8)Cc8cccc(CCc9[nH]c%10nc(Sc%11cnc%12cccnc%12c%11)nc(N%11C[C@@H]%12C(N(Cc%13ccccc%13)Cc%13ccccc%13)[C@@H]%12C%11)c%10c9Cl)c8)[C@@H]7C6)c5c4Cl)[C@@H](N)C3)c2c1Cl. The predicted molar refractivity (Wildman–Crippen MR) is 451 cm³/mol. The van der Waals surface area contributed by atoms with Gasteiger partial charge in [-0.3, -0.25) is 29.7 Å². The number of fused-ring (bicyclic) bond motifs is 7. The second kappa shape index (κ2) is 30.9. The monoisotopic (exact) mass is 1620 g/mol. The average Bonchev–Trinajstić information content (AvgIpc) is 1.56. The van der Waals surface area contributed by atoms with Gasteiger partial charge in [-0.05, 0) is 155 Å². The number of rotatable bonds is 26. The van der Waals surface area contributed by atoms with Gasteiger partial charge in [-0.1, -0.05) is 157 Å². The third-order valence-corrected chi connectivity index (χ3v) is 27.0. The largest absolute Gasteiger partial charge is 0.506 e. The van der Waals surface area contributed by atoms with Crippen molar-refractivity contribution in [1.29, 1.82) is 0 Å². The number of benzene rings is 4. The van der Waals surface area contributed by atoms with Crippen LogP contribution in [0.3, 0.4) is 0 Å². The molecule has 114 heavy (non-hydrogen) atoms. The number of hydrogen-bond acceptors (Lipinski definition) is 22. The summed E-state index contributed by atoms with van der Waals surface area (Å²) >= 11 is 26.8. The molecule has 6 N–H and O–H groups in total. The molecule has 0 spiro atoms. The summed E-state index contributed by atoms with van der Waals surface area (Å²) in [5, 5.41) is 16.3. The quantitative estimate of drug-likeness (QED) is 0.0315. The van der Waals surface area contributed by atoms with E-state index in [1.807, 2.05) is 24.4 Å². The van der Waals surface area contributed by atoms with Crippen LogP contribution in [0.25, 0.3) is 55.3 Å². The van der Waals surface area contributed by atoms with Crippen molar-refractivity contribution in [3.05, 3.63) is 249 Å². The van der Waals surface area contributed by atoms with Crippen molar-refractivity contribution in [3.63, 3.8) is 0 Å². The zero-order chi connectivity index (χ0) is 76.7. The molecule has 22 nitrogen and oxygen atoms in total. The minimum absolute atomic E-state index is 0.0638. The van der Waals surface area contributed by atoms with Crippen LogP contribution in [0.1, 0.15) is 58.2 Å². The van der Waals surface area contributed by atoms with Gasteiger partial charge in [0.05, 0.1) is 48.5 Å². The van der Waals surface area contributed by atoms with E-state index in [1.165, 1.54) is 69.3 Å². The number of halogens is 3. The topological polar surface area (TPSA) is 264 Å². The molecule has 3 unspecified atom stereocenters. The highest BCUT2D eigenvalue weighted by molar-refractivity contribution is 7.99. The Kier molecular flexibility index (Phi) is 19.8. The van der Waals surface area contributed by atoms with E-state index in [2.05, 4.69) is 193 Å². The van der Waals surface area contributed by atoms with Crippen LogP contribution in [-0.4, -0.2) is 147 Å². The summed E-state index contributed by atoms with van der Waals surface area (Å²) < 4.78 is 0. The molecular weight excluding hydrogens is 1550 g/mol. The molecule has 2 saturated carbocycles. The minimum Gasteiger partial charge on any atom is -0.506 e. The Morgan fingerprint density at radius 1 is 0.439 bits per heavy atom. The number of pyridine rings is 4. The molecule has 572 valence electrons. The van der Waals surface area contributed by atoms with Crippen LogP contribution < -0.4 is 20.4 Å². The smallest absolute Gasteiger partial charge is 0.196 e. The number of aromatic hydroxyl groups is 1. The second-order valence-electron chi connectivity index (χ2n) is 30.6. The first-order chi connectivity index (χ1) is 55.9. The van der Waals surface area contributed by atoms with Gasteiger partial charge in [-0.2, -0.15) is 0 Å². The first kappa shape index (κ1) is 72.9. The summed E-state index contributed by atoms with van der Waals surface area (Å²) in [6.45, 7) is 10.0. The van der Waals surface area contributed by atoms with Crippen molar-refractivity contribution in [2.45, 2.75) is 113 Å². The van der Waals surface area contributed by atoms with Crippen LogP contribution in [0.15, 0.2) is 219 Å². The molecule has 14 heterocycles. The Morgan fingerprint density at radius 3 is 1.47 bits per heavy atom. The molecule has 11 aromatic heterocycles. The fraction of sp³-hybridized carbons (Fsp3) is 0.279. The van der Waals surface area contributed by atoms with Crippen LogP contribution in [0.2, 0.25) is 15.1 Å². The summed E-state index contributed by atoms with van der Waals surface area (Å²) in [4.78, 5) is 84.3. The molecule has 8 atom stereocenters. The maximum absolute atomic E-state index is 10.2. The molecular formula is C86H78Cl3N21OS3. The van der Waals surface area contributed by atoms with Gasteiger partial charge in [0, 0.05) is 153 Å². The number of H-pyrrole nitrogens is 3. The molecule has 4 aromatic carbocycles. The Balaban J connectivity index is 0.548. The van der Waals surface area contributed by atoms with E-state index >= 15 is 0 Å². The van der Waals surface area contributed by atoms with Crippen LogP contribution in [0.5, 0.6) is 5.75 Å². The lowest BCUT2D eigenvalue weighted by Crippen LogP contribution is -2.35. The molecule has 5 fully saturated rings. The van der Waals surface area contributed by atoms with Crippen molar-refractivity contribution in [2.24, 2.45) is 35.3 Å². The van der Waals surface area contributed by atoms with Crippen LogP contribution >= 0.6 is 70.1 Å². The fourth-order valence-corrected chi connectivity index (χ4v) is 21.1. The molecule has 3 aliphatic heterocycles. The van der Waals surface area contributed by atoms with Gasteiger partial charge in [0.25, 0.3) is 0 Å². The fourth-order valence-electron chi connectivity index (χ4n) is 17.8. The number of aromatic amines is 3. The Morgan fingerprint density at radius 2 is 0.912 bits per heavy atom. The van der Waals surface area contributed by atoms with Crippen LogP contribution in [0.4, 0.5) is 17.5 Å². The normalized spacial score (nSPS) is 19.8. The first-order valence-electron chi connectivity index (χ1n) is 38.8. The molecule has 0 radical (unpaired) electrons. The molecule has 20 rings (SSSR count). The number of nitrogens with one attached hydrogen (secondary N) is 3. The average molecular weight is 1620 g/mol. The zero-order valence-corrected chi connectivity index (χ0v) is 66.8. The predicted octanol–water partition coefficient (Wildman–Crippen LogP) is 16.3. The van der Waals surface area contributed by atoms with Crippen LogP contribution in [-0.2, 0) is 51.9 Å². The van der Waals surface area contributed by atoms with Gasteiger partial charge in [0.1, 0.15) is 45.7 Å². The van der Waals surface area contributed by atoms with Gasteiger partial charge in [0.15, 0.2) is 21.1 Å². The second-order valence-corrected chi connectivity index (χ2v) is 34.9. The summed E-state index contributed by atoms with van der Waals surface area (Å²) in [6.07, 6.45) is 15.4. The van der Waals surface area contributed by atoms with Crippen LogP contribution in [0, 0.1) is 29.6 Å². The summed E-state index contributed by atoms with van der Waals surface area (Å²) in [6, 6.07) is 51.9. The zero-order valence-electron chi connectivity index (χ0n) is 62.1. The van der Waals surface area contributed by atoms with Crippen molar-refractivity contribution in [3.8, 4) is 5.75 Å². The van der Waals surface area contributed by atoms with Crippen molar-refractivity contribution in [2.75, 3.05) is 54.0 Å². The highest BCUT2D eigenvalue weighted by atomic mass is 35.5. The number of aryl methyl sites for hydroxylation is 4. The lowest BCUT2D eigenvalue weighted by molar-refractivity contribution is 0.222. The van der Waals surface area contributed by atoms with Gasteiger partial charge < -0.3 is 40.5 Å². The molecule has 28 heteroatoms. The molecule has 2 aliphatic carbocycles. The Labute approximate surface area is 685 Å². The standard InChI is InChI=1S/C86H78Cl3N21OS3/c1-2-63-72(87)69-78(97-63)100-84(112-55-31-54(111)34-91-35-55)103-81(69)108-42-53(62(90)47-108)24-26-66-74(89)71-80(99-66)102-86(114-57-33-68-77(96-37-57)94-29-28-93-68)105-83(71)110-45-60-61(46-110)76(60)107(40-51-18-10-5-11-19-51)41-52-21-12-20-48(30-52)23-25-65-73(88)70-79(98-65)101-85(113-56-32-67-64(95-36-56)22-13-27-92-67)104-82(70)109-43-58-59(44-109)75(58)106(38-49-14-6-3-7-15-49)39-50-16-8-4-9-17-50/h3-22,27-37,53,58-62,75-76,111H,2,23-26,38-47,90H2,1H3,(H,97,100,103)(H,98,101,104)(H,99,102,105)/t53?,58-,59+,60-,61+,62-,75?,76?/m0/s1. The molecule has 0 amide bonds. The maximum Gasteiger partial charge on any atom is 0.196 e. The summed E-state index contributed by atoms with van der Waals surface area (Å²) in [5.74, 6) is 4.29. The van der Waals surface area contributed by atoms with E-state index in [9.17, 15) is 5.11 Å². The highest BCUT2D eigenvalue weighted by Gasteiger charge is 2.60. The van der Waals surface area contributed by atoms with E-state index in [0.717, 1.165) is 142 Å². The Bertz CT molecular complexity index is 6060. The van der Waals surface area contributed by atoms with Gasteiger partial charge in [-0.25, -0.2) is 39.9 Å². The van der Waals surface area contributed by atoms with E-state index in [1.54, 1.807) is 37.1 Å². The third-order valence-electron chi connectivity index (χ3n) is 23.3. The van der Waals surface area contributed by atoms with E-state index < -0.39 is 0 Å². The molecule has 0 bridgehead atoms. The number of hydrogen-bond donors (Lipinski definition) is 5. The molecule has 15 aromatic rings. The van der Waals surface area contributed by atoms with E-state index in [-0.39, 0.29) is 17.7 Å². The summed E-state index contributed by atoms with van der Waals surface area (Å²) in [5.41, 5.74) is 21.2. The number of nitrogens with zero attached hydrogens (tertiary/aromatic N) is 17. The van der Waals surface area contributed by atoms with Gasteiger partial charge >= 0.3 is 0 Å². The minimum atomic E-state index is -0.169. The number of aromatic nitrogens is 15. The van der Waals surface area contributed by atoms with Crippen molar-refractivity contribution < 1.29 is 5.11 Å². The summed E-state index contributed by atoms with van der Waals surface area (Å²) in [7, 11) is 0. The number of piperidine rings is 2. The molecule has 3 saturated heterocycles. The van der Waals surface area contributed by atoms with Gasteiger partial charge in [0.2, 0.25) is 0 Å². The number of anilines is 3. The number of nitrogens with two attached hydrogens (primary N) is 1. The Hall–Kier alpha value is -10.1. The maximum atomic E-state index is 10.2. The first-order valence-corrected chi connectivity index (χ1v) is 42.3. The van der Waals surface area contributed by atoms with E-state index in [0.29, 0.717) is 126 Å². The lowest BCUT2D eigenvalue weighted by Gasteiger charge is -2.28. The lowest BCUT2D eigenvalue weighted by atomic mass is 9.97. The van der Waals surface area contributed by atoms with E-state index in [4.69, 9.17) is 75.4 Å². The van der Waals surface area contributed by atoms with Crippen molar-refractivity contribution >= 4 is 143 Å². The molecule has 5 aliphatic rings. The third kappa shape index (κ3) is 14.7. The van der Waals surface area contributed by atoms with Gasteiger partial charge in [-0.15, -0.1) is 0 Å². The highest BCUT2D eigenvalue weighted by Crippen LogP contribution is 2.54.